The minimum Gasteiger partial charge on any atom is -0.465 e. The van der Waals surface area contributed by atoms with Crippen LogP contribution >= 0.6 is 0 Å². The number of hydrogen-bond acceptors (Lipinski definition) is 8. The lowest BCUT2D eigenvalue weighted by Gasteiger charge is -2.35. The highest BCUT2D eigenvalue weighted by molar-refractivity contribution is 5.79. The smallest absolute Gasteiger partial charge is 0.320 e. The van der Waals surface area contributed by atoms with Gasteiger partial charge in [-0.3, -0.25) is 29.1 Å². The molecule has 0 atom stereocenters. The Morgan fingerprint density at radius 2 is 1.82 bits per heavy atom. The maximum atomic E-state index is 13.0. The molecular weight excluding hydrogens is 434 g/mol. The summed E-state index contributed by atoms with van der Waals surface area (Å²) in [6.45, 7) is 19.1. The number of rotatable bonds is 9. The molecule has 0 bridgehead atoms. The quantitative estimate of drug-likeness (QED) is 0.546. The van der Waals surface area contributed by atoms with Crippen LogP contribution in [-0.4, -0.2) is 94.5 Å². The summed E-state index contributed by atoms with van der Waals surface area (Å²) < 4.78 is 6.70. The second-order valence-corrected chi connectivity index (χ2v) is 10.6. The zero-order valence-electron chi connectivity index (χ0n) is 21.8. The number of carbonyl (C=O) groups excluding carboxylic acids is 1. The standard InChI is InChI=1S/C24H41N7O3/c1-8-34-18(32)16-30-11-9-29(10-12-30)13-14-31(15-17(2)3)23-25-19-20(22(33)26-23)28(7)27-21(19)24(4,5)6/h17H,8-16H2,1-7H3,(H,25,26,33). The minimum absolute atomic E-state index is 0.158. The fourth-order valence-corrected chi connectivity index (χ4v) is 4.37. The molecule has 2 aromatic rings. The first-order valence-electron chi connectivity index (χ1n) is 12.3. The van der Waals surface area contributed by atoms with Crippen molar-refractivity contribution >= 4 is 23.0 Å². The topological polar surface area (TPSA) is 99.6 Å². The van der Waals surface area contributed by atoms with Crippen LogP contribution in [0.25, 0.3) is 11.0 Å². The molecule has 3 rings (SSSR count). The predicted octanol–water partition coefficient (Wildman–Crippen LogP) is 1.60. The van der Waals surface area contributed by atoms with Gasteiger partial charge in [0.25, 0.3) is 5.56 Å². The molecule has 0 spiro atoms. The van der Waals surface area contributed by atoms with E-state index in [1.54, 1.807) is 11.7 Å². The summed E-state index contributed by atoms with van der Waals surface area (Å²) >= 11 is 0. The van der Waals surface area contributed by atoms with Gasteiger partial charge in [-0.25, -0.2) is 4.98 Å². The highest BCUT2D eigenvalue weighted by Gasteiger charge is 2.26. The number of nitrogens with one attached hydrogen (secondary N) is 1. The Morgan fingerprint density at radius 1 is 1.18 bits per heavy atom. The van der Waals surface area contributed by atoms with Crippen molar-refractivity contribution in [1.29, 1.82) is 0 Å². The number of H-pyrrole nitrogens is 1. The number of aryl methyl sites for hydroxylation is 1. The summed E-state index contributed by atoms with van der Waals surface area (Å²) in [5, 5.41) is 4.61. The van der Waals surface area contributed by atoms with Crippen LogP contribution in [-0.2, 0) is 22.0 Å². The highest BCUT2D eigenvalue weighted by Crippen LogP contribution is 2.27. The summed E-state index contributed by atoms with van der Waals surface area (Å²) in [7, 11) is 1.79. The molecule has 0 saturated carbocycles. The molecule has 2 aromatic heterocycles. The Bertz CT molecular complexity index is 1030. The van der Waals surface area contributed by atoms with Crippen LogP contribution in [0.2, 0.25) is 0 Å². The molecule has 1 aliphatic heterocycles. The molecule has 10 nitrogen and oxygen atoms in total. The Morgan fingerprint density at radius 3 is 2.41 bits per heavy atom. The van der Waals surface area contributed by atoms with Crippen LogP contribution in [0.5, 0.6) is 0 Å². The van der Waals surface area contributed by atoms with Crippen molar-refractivity contribution in [1.82, 2.24) is 29.5 Å². The van der Waals surface area contributed by atoms with Gasteiger partial charge in [-0.2, -0.15) is 5.10 Å². The number of hydrogen-bond donors (Lipinski definition) is 1. The molecule has 10 heteroatoms. The van der Waals surface area contributed by atoms with Crippen LogP contribution < -0.4 is 10.5 Å². The fraction of sp³-hybridized carbons (Fsp3) is 0.750. The normalized spacial score (nSPS) is 15.9. The van der Waals surface area contributed by atoms with Crippen molar-refractivity contribution in [2.24, 2.45) is 13.0 Å². The Hall–Kier alpha value is -2.46. The van der Waals surface area contributed by atoms with Crippen molar-refractivity contribution in [2.75, 3.05) is 63.9 Å². The summed E-state index contributed by atoms with van der Waals surface area (Å²) in [5.41, 5.74) is 1.64. The van der Waals surface area contributed by atoms with E-state index in [9.17, 15) is 9.59 Å². The maximum Gasteiger partial charge on any atom is 0.320 e. The predicted molar refractivity (Wildman–Crippen MR) is 134 cm³/mol. The van der Waals surface area contributed by atoms with Gasteiger partial charge in [-0.1, -0.05) is 34.6 Å². The molecule has 0 unspecified atom stereocenters. The van der Waals surface area contributed by atoms with E-state index in [1.807, 2.05) is 6.92 Å². The van der Waals surface area contributed by atoms with Gasteiger partial charge in [-0.15, -0.1) is 0 Å². The number of fused-ring (bicyclic) bond motifs is 1. The van der Waals surface area contributed by atoms with Crippen LogP contribution in [0.1, 0.15) is 47.2 Å². The lowest BCUT2D eigenvalue weighted by molar-refractivity contribution is -0.144. The second kappa shape index (κ2) is 10.9. The zero-order chi connectivity index (χ0) is 25.0. The van der Waals surface area contributed by atoms with E-state index in [2.05, 4.69) is 59.4 Å². The SMILES string of the molecule is CCOC(=O)CN1CCN(CCN(CC(C)C)c2nc3c(C(C)(C)C)nn(C)c3c(=O)[nH]2)CC1. The van der Waals surface area contributed by atoms with E-state index in [-0.39, 0.29) is 16.9 Å². The van der Waals surface area contributed by atoms with Crippen LogP contribution in [0.4, 0.5) is 5.95 Å². The van der Waals surface area contributed by atoms with Gasteiger partial charge < -0.3 is 9.64 Å². The van der Waals surface area contributed by atoms with E-state index in [1.165, 1.54) is 0 Å². The molecule has 3 heterocycles. The van der Waals surface area contributed by atoms with Crippen molar-refractivity contribution in [3.8, 4) is 0 Å². The van der Waals surface area contributed by atoms with Crippen molar-refractivity contribution in [3.63, 3.8) is 0 Å². The zero-order valence-corrected chi connectivity index (χ0v) is 21.8. The number of aromatic nitrogens is 4. The molecule has 1 N–H and O–H groups in total. The third-order valence-electron chi connectivity index (χ3n) is 6.08. The summed E-state index contributed by atoms with van der Waals surface area (Å²) in [6.07, 6.45) is 0. The number of carbonyl (C=O) groups is 1. The average molecular weight is 476 g/mol. The minimum atomic E-state index is -0.219. The summed E-state index contributed by atoms with van der Waals surface area (Å²) in [6, 6.07) is 0. The van der Waals surface area contributed by atoms with Crippen LogP contribution in [0.3, 0.4) is 0 Å². The van der Waals surface area contributed by atoms with Crippen LogP contribution in [0.15, 0.2) is 4.79 Å². The third-order valence-corrected chi connectivity index (χ3v) is 6.08. The van der Waals surface area contributed by atoms with Crippen molar-refractivity contribution in [2.45, 2.75) is 47.0 Å². The van der Waals surface area contributed by atoms with Gasteiger partial charge in [0, 0.05) is 58.3 Å². The van der Waals surface area contributed by atoms with Gasteiger partial charge in [0.2, 0.25) is 5.95 Å². The number of ether oxygens (including phenoxy) is 1. The molecule has 0 amide bonds. The molecule has 0 radical (unpaired) electrons. The molecule has 190 valence electrons. The van der Waals surface area contributed by atoms with Gasteiger partial charge in [0.1, 0.15) is 5.52 Å². The molecule has 0 aliphatic carbocycles. The monoisotopic (exact) mass is 475 g/mol. The van der Waals surface area contributed by atoms with Crippen molar-refractivity contribution < 1.29 is 9.53 Å². The molecular formula is C24H41N7O3. The number of anilines is 1. The van der Waals surface area contributed by atoms with Gasteiger partial charge in [0.05, 0.1) is 18.8 Å². The van der Waals surface area contributed by atoms with E-state index < -0.39 is 0 Å². The van der Waals surface area contributed by atoms with E-state index in [0.29, 0.717) is 36.1 Å². The van der Waals surface area contributed by atoms with Gasteiger partial charge in [-0.05, 0) is 12.8 Å². The second-order valence-electron chi connectivity index (χ2n) is 10.6. The van der Waals surface area contributed by atoms with E-state index >= 15 is 0 Å². The third kappa shape index (κ3) is 6.35. The lowest BCUT2D eigenvalue weighted by atomic mass is 9.91. The number of esters is 1. The molecule has 0 aromatic carbocycles. The summed E-state index contributed by atoms with van der Waals surface area (Å²) in [4.78, 5) is 39.4. The van der Waals surface area contributed by atoms with Crippen molar-refractivity contribution in [3.05, 3.63) is 16.0 Å². The number of nitrogens with zero attached hydrogens (tertiary/aromatic N) is 6. The Balaban J connectivity index is 1.73. The molecule has 1 aliphatic rings. The summed E-state index contributed by atoms with van der Waals surface area (Å²) in [5.74, 6) is 0.860. The highest BCUT2D eigenvalue weighted by atomic mass is 16.5. The number of aromatic amines is 1. The first-order valence-corrected chi connectivity index (χ1v) is 12.3. The van der Waals surface area contributed by atoms with E-state index in [4.69, 9.17) is 9.72 Å². The van der Waals surface area contributed by atoms with Crippen LogP contribution in [0, 0.1) is 5.92 Å². The first kappa shape index (κ1) is 26.2. The van der Waals surface area contributed by atoms with Gasteiger partial charge in [0.15, 0.2) is 5.52 Å². The molecule has 1 fully saturated rings. The van der Waals surface area contributed by atoms with E-state index in [0.717, 1.165) is 51.5 Å². The first-order chi connectivity index (χ1) is 16.0. The lowest BCUT2D eigenvalue weighted by Crippen LogP contribution is -2.50. The largest absolute Gasteiger partial charge is 0.465 e. The Kier molecular flexibility index (Phi) is 8.35. The Labute approximate surface area is 202 Å². The average Bonchev–Trinajstić information content (AvgIpc) is 3.09. The molecule has 1 saturated heterocycles. The fourth-order valence-electron chi connectivity index (χ4n) is 4.37. The van der Waals surface area contributed by atoms with Gasteiger partial charge >= 0.3 is 5.97 Å². The number of piperazine rings is 1. The maximum absolute atomic E-state index is 13.0. The molecule has 34 heavy (non-hydrogen) atoms.